The quantitative estimate of drug-likeness (QED) is 0.104. The molecule has 0 aliphatic rings. The number of benzene rings is 5. The molecule has 5 aromatic carbocycles. The highest BCUT2D eigenvalue weighted by molar-refractivity contribution is 5.52. The van der Waals surface area contributed by atoms with E-state index in [-0.39, 0.29) is 10.8 Å². The van der Waals surface area contributed by atoms with Crippen molar-refractivity contribution in [2.75, 3.05) is 0 Å². The van der Waals surface area contributed by atoms with E-state index < -0.39 is 0 Å². The van der Waals surface area contributed by atoms with Crippen molar-refractivity contribution in [2.45, 2.75) is 252 Å². The van der Waals surface area contributed by atoms with Crippen LogP contribution in [0.15, 0.2) is 84.9 Å². The number of hydrogen-bond donors (Lipinski definition) is 0. The van der Waals surface area contributed by atoms with E-state index in [2.05, 4.69) is 237 Å². The first-order chi connectivity index (χ1) is 32.1. The summed E-state index contributed by atoms with van der Waals surface area (Å²) in [6, 6.07) is 31.6. The summed E-state index contributed by atoms with van der Waals surface area (Å²) >= 11 is 0. The first-order valence-electron chi connectivity index (χ1n) is 27.7. The normalized spacial score (nSPS) is 11.2. The molecule has 0 heterocycles. The van der Waals surface area contributed by atoms with Gasteiger partial charge in [-0.3, -0.25) is 0 Å². The molecular formula is C68H106. The Labute approximate surface area is 424 Å². The topological polar surface area (TPSA) is 0 Å². The van der Waals surface area contributed by atoms with Gasteiger partial charge in [0.25, 0.3) is 0 Å². The van der Waals surface area contributed by atoms with Crippen molar-refractivity contribution in [1.29, 1.82) is 0 Å². The first-order valence-corrected chi connectivity index (χ1v) is 27.7. The lowest BCUT2D eigenvalue weighted by molar-refractivity contribution is 0.577. The molecule has 5 aromatic rings. The van der Waals surface area contributed by atoms with Gasteiger partial charge in [-0.1, -0.05) is 237 Å². The zero-order valence-electron chi connectivity index (χ0n) is 48.7. The molecule has 0 aromatic heterocycles. The van der Waals surface area contributed by atoms with Gasteiger partial charge in [0.15, 0.2) is 0 Å². The van der Waals surface area contributed by atoms with Crippen molar-refractivity contribution in [1.82, 2.24) is 0 Å². The molecule has 0 saturated carbocycles. The van der Waals surface area contributed by atoms with Crippen LogP contribution in [0.2, 0.25) is 0 Å². The number of rotatable bonds is 14. The van der Waals surface area contributed by atoms with E-state index in [1.165, 1.54) is 97.6 Å². The van der Waals surface area contributed by atoms with Crippen molar-refractivity contribution < 1.29 is 0 Å². The Balaban J connectivity index is 0.000000430. The zero-order chi connectivity index (χ0) is 51.8. The fourth-order valence-corrected chi connectivity index (χ4v) is 9.51. The molecule has 0 unspecified atom stereocenters. The van der Waals surface area contributed by atoms with E-state index in [0.717, 1.165) is 12.8 Å². The predicted molar refractivity (Wildman–Crippen MR) is 310 cm³/mol. The lowest BCUT2D eigenvalue weighted by atomic mass is 9.81. The molecule has 68 heavy (non-hydrogen) atoms. The van der Waals surface area contributed by atoms with E-state index in [1.54, 1.807) is 55.6 Å². The molecule has 0 spiro atoms. The van der Waals surface area contributed by atoms with Crippen molar-refractivity contribution in [2.24, 2.45) is 0 Å². The summed E-state index contributed by atoms with van der Waals surface area (Å²) in [5.41, 5.74) is 25.2. The predicted octanol–water partition coefficient (Wildman–Crippen LogP) is 20.0. The lowest BCUT2D eigenvalue weighted by Gasteiger charge is -2.24. The van der Waals surface area contributed by atoms with Crippen LogP contribution in [0.3, 0.4) is 0 Å². The van der Waals surface area contributed by atoms with Gasteiger partial charge in [0, 0.05) is 0 Å². The molecule has 0 bridgehead atoms. The van der Waals surface area contributed by atoms with Crippen molar-refractivity contribution in [3.8, 4) is 0 Å². The minimum Gasteiger partial charge on any atom is -0.0613 e. The Morgan fingerprint density at radius 1 is 0.279 bits per heavy atom. The van der Waals surface area contributed by atoms with Crippen molar-refractivity contribution in [3.05, 3.63) is 174 Å². The van der Waals surface area contributed by atoms with Gasteiger partial charge in [-0.25, -0.2) is 0 Å². The fraction of sp³-hybridized carbons (Fsp3) is 0.559. The summed E-state index contributed by atoms with van der Waals surface area (Å²) in [5, 5.41) is 0. The molecular weight excluding hydrogens is 817 g/mol. The summed E-state index contributed by atoms with van der Waals surface area (Å²) in [6.07, 6.45) is 14.1. The molecule has 0 radical (unpaired) electrons. The van der Waals surface area contributed by atoms with Crippen LogP contribution in [0.25, 0.3) is 0 Å². The molecule has 0 N–H and O–H groups in total. The summed E-state index contributed by atoms with van der Waals surface area (Å²) in [4.78, 5) is 0. The van der Waals surface area contributed by atoms with Crippen LogP contribution in [-0.2, 0) is 87.9 Å². The fourth-order valence-electron chi connectivity index (χ4n) is 9.51. The summed E-state index contributed by atoms with van der Waals surface area (Å²) in [7, 11) is 0. The van der Waals surface area contributed by atoms with E-state index in [0.29, 0.717) is 11.8 Å². The second kappa shape index (κ2) is 31.4. The number of hydrogen-bond acceptors (Lipinski definition) is 0. The van der Waals surface area contributed by atoms with Gasteiger partial charge in [-0.2, -0.15) is 0 Å². The molecule has 0 amide bonds. The number of aryl methyl sites for hydroxylation is 6. The van der Waals surface area contributed by atoms with Crippen LogP contribution in [0, 0.1) is 0 Å². The van der Waals surface area contributed by atoms with Crippen LogP contribution in [0.4, 0.5) is 0 Å². The zero-order valence-corrected chi connectivity index (χ0v) is 48.7. The summed E-state index contributed by atoms with van der Waals surface area (Å²) in [6.45, 7) is 49.7. The summed E-state index contributed by atoms with van der Waals surface area (Å²) in [5.74, 6) is 1.29. The second-order valence-corrected chi connectivity index (χ2v) is 21.4. The van der Waals surface area contributed by atoms with Crippen LogP contribution in [-0.4, -0.2) is 0 Å². The molecule has 0 saturated heterocycles. The maximum Gasteiger partial charge on any atom is -0.0132 e. The highest BCUT2D eigenvalue weighted by Crippen LogP contribution is 2.32. The minimum absolute atomic E-state index is 0.260. The Hall–Kier alpha value is -3.90. The van der Waals surface area contributed by atoms with E-state index >= 15 is 0 Å². The van der Waals surface area contributed by atoms with Crippen molar-refractivity contribution >= 4 is 0 Å². The first kappa shape index (κ1) is 62.1. The largest absolute Gasteiger partial charge is 0.0613 e. The van der Waals surface area contributed by atoms with Crippen molar-refractivity contribution in [3.63, 3.8) is 0 Å². The average molecular weight is 924 g/mol. The van der Waals surface area contributed by atoms with E-state index in [4.69, 9.17) is 0 Å². The average Bonchev–Trinajstić information content (AvgIpc) is 3.34. The minimum atomic E-state index is 0.260. The Kier molecular flexibility index (Phi) is 28.6. The second-order valence-electron chi connectivity index (χ2n) is 21.4. The summed E-state index contributed by atoms with van der Waals surface area (Å²) < 4.78 is 0. The molecule has 0 atom stereocenters. The third kappa shape index (κ3) is 19.1. The SMILES string of the molecule is CC(C)(C)c1ccc(C(C)(C)C)cc1.CC(C)c1ccc(C(C)C)cc1.CCc1c(CC)c(CC)c(CC)c(CC)c1CC.CCc1cc(CC)c(CC)cc1CC.CCc1ccc(CC)cc1. The van der Waals surface area contributed by atoms with Gasteiger partial charge in [-0.15, -0.1) is 0 Å². The molecule has 5 rings (SSSR count). The highest BCUT2D eigenvalue weighted by Gasteiger charge is 2.19. The Bertz CT molecular complexity index is 1860. The van der Waals surface area contributed by atoms with E-state index in [9.17, 15) is 0 Å². The molecule has 0 heteroatoms. The molecule has 0 fully saturated rings. The molecule has 378 valence electrons. The lowest BCUT2D eigenvalue weighted by Crippen LogP contribution is -2.14. The third-order valence-electron chi connectivity index (χ3n) is 14.1. The van der Waals surface area contributed by atoms with Crippen LogP contribution >= 0.6 is 0 Å². The Morgan fingerprint density at radius 2 is 0.485 bits per heavy atom. The van der Waals surface area contributed by atoms with Gasteiger partial charge in [0.1, 0.15) is 0 Å². The van der Waals surface area contributed by atoms with Crippen LogP contribution in [0.1, 0.15) is 253 Å². The smallest absolute Gasteiger partial charge is 0.0132 e. The third-order valence-corrected chi connectivity index (χ3v) is 14.1. The van der Waals surface area contributed by atoms with Gasteiger partial charge < -0.3 is 0 Å². The van der Waals surface area contributed by atoms with Crippen LogP contribution in [0.5, 0.6) is 0 Å². The van der Waals surface area contributed by atoms with Gasteiger partial charge in [0.2, 0.25) is 0 Å². The maximum absolute atomic E-state index is 2.41. The highest BCUT2D eigenvalue weighted by atomic mass is 14.2. The molecule has 0 aliphatic heterocycles. The van der Waals surface area contributed by atoms with E-state index in [1.807, 2.05) is 0 Å². The Morgan fingerprint density at radius 3 is 0.618 bits per heavy atom. The molecule has 0 aliphatic carbocycles. The molecule has 0 nitrogen and oxygen atoms in total. The standard InChI is InChI=1S/C18H30.2C14H22.C12H18.C10H14/c1-7-13-14(8-2)16(10-4)18(12-6)17(11-5)15(13)9-3;1-13(2,3)11-7-9-12(10-8-11)14(4,5)6;1-5-11-9-13(7-3)14(8-4)10-12(11)6-2;1-9(2)11-5-7-12(8-6-11)10(3)4;1-3-9-5-7-10(4-2)8-6-9/h7-12H2,1-6H3;7-10H,1-6H3;9-10H,5-8H2,1-4H3;5-10H,1-4H3;5-8H,3-4H2,1-2H3. The maximum atomic E-state index is 2.41. The van der Waals surface area contributed by atoms with Crippen LogP contribution < -0.4 is 0 Å². The monoisotopic (exact) mass is 923 g/mol. The van der Waals surface area contributed by atoms with Gasteiger partial charge in [0.05, 0.1) is 0 Å². The van der Waals surface area contributed by atoms with Gasteiger partial charge in [-0.05, 0) is 189 Å². The van der Waals surface area contributed by atoms with Gasteiger partial charge >= 0.3 is 0 Å².